The van der Waals surface area contributed by atoms with E-state index < -0.39 is 7.81 Å². The number of thiol groups is 1. The Labute approximate surface area is 134 Å². The van der Waals surface area contributed by atoms with Crippen LogP contribution in [0.3, 0.4) is 0 Å². The van der Waals surface area contributed by atoms with Crippen LogP contribution in [0.2, 0.25) is 0 Å². The van der Waals surface area contributed by atoms with Gasteiger partial charge in [-0.1, -0.05) is 36.4 Å². The molecule has 0 saturated heterocycles. The minimum atomic E-state index is -10.7. The second-order valence-corrected chi connectivity index (χ2v) is 7.74. The van der Waals surface area contributed by atoms with Crippen LogP contribution in [0, 0.1) is 0 Å². The predicted molar refractivity (Wildman–Crippen MR) is 85.6 cm³/mol. The molecule has 0 radical (unpaired) electrons. The van der Waals surface area contributed by atoms with Crippen LogP contribution in [-0.2, 0) is 18.2 Å². The zero-order chi connectivity index (χ0) is 17.6. The molecular weight excluding hydrogens is 357 g/mol. The molecule has 128 valence electrons. The summed E-state index contributed by atoms with van der Waals surface area (Å²) in [7, 11) is -10.7. The SMILES string of the molecule is C=CCc1ccc([SH+]c2ccccc2)cc1.F[P-](F)(F)(F)(F)F. The van der Waals surface area contributed by atoms with E-state index in [1.807, 2.05) is 12.1 Å². The van der Waals surface area contributed by atoms with Gasteiger partial charge in [0.1, 0.15) is 0 Å². The van der Waals surface area contributed by atoms with Gasteiger partial charge in [0.05, 0.1) is 0 Å². The Hall–Kier alpha value is -1.46. The van der Waals surface area contributed by atoms with Crippen molar-refractivity contribution in [1.82, 2.24) is 0 Å². The van der Waals surface area contributed by atoms with Crippen LogP contribution in [-0.4, -0.2) is 0 Å². The average molecular weight is 372 g/mol. The van der Waals surface area contributed by atoms with Gasteiger partial charge in [0, 0.05) is 11.8 Å². The third kappa shape index (κ3) is 12.7. The summed E-state index contributed by atoms with van der Waals surface area (Å²) in [6, 6.07) is 19.2. The van der Waals surface area contributed by atoms with E-state index >= 15 is 0 Å². The molecule has 8 heteroatoms. The molecule has 23 heavy (non-hydrogen) atoms. The van der Waals surface area contributed by atoms with Crippen LogP contribution in [0.4, 0.5) is 25.2 Å². The van der Waals surface area contributed by atoms with Gasteiger partial charge in [-0.15, -0.1) is 6.58 Å². The molecule has 0 N–H and O–H groups in total. The maximum absolute atomic E-state index is 10.7. The second kappa shape index (κ2) is 6.57. The van der Waals surface area contributed by atoms with Crippen molar-refractivity contribution in [3.05, 3.63) is 72.8 Å². The van der Waals surface area contributed by atoms with Crippen LogP contribution >= 0.6 is 7.81 Å². The molecular formula is C15H15F6PS. The zero-order valence-electron chi connectivity index (χ0n) is 11.8. The van der Waals surface area contributed by atoms with Gasteiger partial charge < -0.3 is 0 Å². The molecule has 0 saturated carbocycles. The molecule has 2 aromatic rings. The van der Waals surface area contributed by atoms with Gasteiger partial charge in [0.2, 0.25) is 0 Å². The van der Waals surface area contributed by atoms with Crippen LogP contribution in [0.25, 0.3) is 0 Å². The van der Waals surface area contributed by atoms with Crippen molar-refractivity contribution in [1.29, 1.82) is 0 Å². The summed E-state index contributed by atoms with van der Waals surface area (Å²) in [6.45, 7) is 3.74. The number of rotatable bonds is 4. The summed E-state index contributed by atoms with van der Waals surface area (Å²) in [4.78, 5) is 2.66. The molecule has 0 bridgehead atoms. The van der Waals surface area contributed by atoms with E-state index in [9.17, 15) is 25.2 Å². The normalized spacial score (nSPS) is 14.0. The van der Waals surface area contributed by atoms with Gasteiger partial charge in [-0.25, -0.2) is 0 Å². The molecule has 0 aliphatic carbocycles. The van der Waals surface area contributed by atoms with Crippen LogP contribution < -0.4 is 0 Å². The number of allylic oxidation sites excluding steroid dienone is 1. The number of hydrogen-bond donors (Lipinski definition) is 0. The first-order valence-corrected chi connectivity index (χ1v) is 9.29. The first-order chi connectivity index (χ1) is 10.3. The van der Waals surface area contributed by atoms with Crippen LogP contribution in [0.5, 0.6) is 0 Å². The van der Waals surface area contributed by atoms with Crippen molar-refractivity contribution < 1.29 is 25.2 Å². The van der Waals surface area contributed by atoms with Gasteiger partial charge in [-0.2, -0.15) is 0 Å². The van der Waals surface area contributed by atoms with Crippen molar-refractivity contribution >= 4 is 19.6 Å². The minimum absolute atomic E-state index is 0.947. The maximum atomic E-state index is 9.87. The Morgan fingerprint density at radius 1 is 0.783 bits per heavy atom. The number of halogens is 6. The Kier molecular flexibility index (Phi) is 5.60. The molecule has 0 unspecified atom stereocenters. The molecule has 0 aliphatic heterocycles. The van der Waals surface area contributed by atoms with Crippen molar-refractivity contribution in [3.63, 3.8) is 0 Å². The van der Waals surface area contributed by atoms with E-state index in [4.69, 9.17) is 0 Å². The molecule has 0 atom stereocenters. The molecule has 0 nitrogen and oxygen atoms in total. The third-order valence-electron chi connectivity index (χ3n) is 2.33. The topological polar surface area (TPSA) is 0 Å². The predicted octanol–water partition coefficient (Wildman–Crippen LogP) is 7.03. The summed E-state index contributed by atoms with van der Waals surface area (Å²) in [6.07, 6.45) is 2.88. The Morgan fingerprint density at radius 2 is 1.22 bits per heavy atom. The first kappa shape index (κ1) is 19.6. The Balaban J connectivity index is 0.000000322. The van der Waals surface area contributed by atoms with Gasteiger partial charge in [0.25, 0.3) is 0 Å². The summed E-state index contributed by atoms with van der Waals surface area (Å²) in [5.41, 5.74) is 1.32. The van der Waals surface area contributed by atoms with E-state index in [0.29, 0.717) is 0 Å². The Morgan fingerprint density at radius 3 is 1.65 bits per heavy atom. The molecule has 2 aromatic carbocycles. The fourth-order valence-electron chi connectivity index (χ4n) is 1.52. The van der Waals surface area contributed by atoms with Crippen molar-refractivity contribution in [2.75, 3.05) is 0 Å². The molecule has 0 aromatic heterocycles. The van der Waals surface area contributed by atoms with Gasteiger partial charge in [-0.05, 0) is 36.2 Å². The fourth-order valence-corrected chi connectivity index (χ4v) is 2.44. The van der Waals surface area contributed by atoms with Crippen LogP contribution in [0.1, 0.15) is 5.56 Å². The third-order valence-corrected chi connectivity index (χ3v) is 3.44. The standard InChI is InChI=1S/C15H14S.F6P/c1-2-6-13-9-11-15(12-10-13)16-14-7-4-3-5-8-14;1-7(2,3,4,5)6/h2-5,7-12H,1,6H2;/q;-1/p+1. The average Bonchev–Trinajstić information content (AvgIpc) is 2.39. The van der Waals surface area contributed by atoms with Crippen molar-refractivity contribution in [2.45, 2.75) is 16.2 Å². The molecule has 0 amide bonds. The fraction of sp³-hybridized carbons (Fsp3) is 0.0667. The molecule has 0 heterocycles. The van der Waals surface area contributed by atoms with Crippen molar-refractivity contribution in [3.8, 4) is 0 Å². The van der Waals surface area contributed by atoms with E-state index in [-0.39, 0.29) is 0 Å². The number of hydrogen-bond acceptors (Lipinski definition) is 0. The molecule has 0 aliphatic rings. The molecule has 2 rings (SSSR count). The van der Waals surface area contributed by atoms with Gasteiger partial charge in [0.15, 0.2) is 9.79 Å². The van der Waals surface area contributed by atoms with Crippen LogP contribution in [0.15, 0.2) is 77.0 Å². The quantitative estimate of drug-likeness (QED) is 0.178. The zero-order valence-corrected chi connectivity index (χ0v) is 13.6. The van der Waals surface area contributed by atoms with E-state index in [2.05, 4.69) is 55.1 Å². The number of benzene rings is 2. The van der Waals surface area contributed by atoms with E-state index in [1.54, 1.807) is 0 Å². The summed E-state index contributed by atoms with van der Waals surface area (Å²) in [5, 5.41) is 0. The van der Waals surface area contributed by atoms with Gasteiger partial charge in [-0.3, -0.25) is 0 Å². The first-order valence-electron chi connectivity index (χ1n) is 6.36. The Bertz CT molecular complexity index is 624. The monoisotopic (exact) mass is 372 g/mol. The summed E-state index contributed by atoms with van der Waals surface area (Å²) in [5.74, 6) is 0. The molecule has 0 spiro atoms. The molecule has 0 fully saturated rings. The van der Waals surface area contributed by atoms with E-state index in [0.717, 1.165) is 6.42 Å². The summed E-state index contributed by atoms with van der Waals surface area (Å²) >= 11 is 1.27. The van der Waals surface area contributed by atoms with Gasteiger partial charge >= 0.3 is 33.0 Å². The van der Waals surface area contributed by atoms with E-state index in [1.165, 1.54) is 27.1 Å². The second-order valence-electron chi connectivity index (χ2n) is 4.56. The summed E-state index contributed by atoms with van der Waals surface area (Å²) < 4.78 is 59.2. The van der Waals surface area contributed by atoms with Crippen molar-refractivity contribution in [2.24, 2.45) is 0 Å².